The Morgan fingerprint density at radius 2 is 1.84 bits per heavy atom. The van der Waals surface area contributed by atoms with Crippen molar-refractivity contribution in [3.8, 4) is 0 Å². The zero-order valence-corrected chi connectivity index (χ0v) is 15.3. The van der Waals surface area contributed by atoms with Crippen LogP contribution in [0.5, 0.6) is 0 Å². The summed E-state index contributed by atoms with van der Waals surface area (Å²) in [6.07, 6.45) is 0. The number of piperazine rings is 1. The molecule has 2 aromatic rings. The second kappa shape index (κ2) is 7.80. The van der Waals surface area contributed by atoms with E-state index in [1.54, 1.807) is 6.07 Å². The molecule has 1 aliphatic rings. The minimum Gasteiger partial charge on any atom is -0.354 e. The Balaban J connectivity index is 1.68. The largest absolute Gasteiger partial charge is 0.354 e. The number of aryl methyl sites for hydroxylation is 1. The molecular weight excluding hydrogens is 338 g/mol. The van der Waals surface area contributed by atoms with E-state index in [1.807, 2.05) is 31.2 Å². The number of nitrogens with one attached hydrogen (secondary N) is 1. The molecule has 1 fully saturated rings. The van der Waals surface area contributed by atoms with Crippen LogP contribution in [0.3, 0.4) is 0 Å². The van der Waals surface area contributed by atoms with Gasteiger partial charge in [0, 0.05) is 43.8 Å². The van der Waals surface area contributed by atoms with Gasteiger partial charge in [0.25, 0.3) is 5.91 Å². The van der Waals surface area contributed by atoms with Crippen LogP contribution in [0.1, 0.15) is 21.9 Å². The lowest BCUT2D eigenvalue weighted by Gasteiger charge is -2.33. The molecule has 1 aromatic heterocycles. The molecule has 3 rings (SSSR count). The molecule has 1 aliphatic heterocycles. The molecule has 0 atom stereocenters. The summed E-state index contributed by atoms with van der Waals surface area (Å²) < 4.78 is 0. The summed E-state index contributed by atoms with van der Waals surface area (Å²) in [4.78, 5) is 25.7. The van der Waals surface area contributed by atoms with E-state index in [2.05, 4.69) is 32.1 Å². The summed E-state index contributed by atoms with van der Waals surface area (Å²) in [6, 6.07) is 9.18. The van der Waals surface area contributed by atoms with Crippen LogP contribution < -0.4 is 10.2 Å². The second-order valence-electron chi connectivity index (χ2n) is 6.26. The second-order valence-corrected chi connectivity index (χ2v) is 6.69. The standard InChI is InChI=1S/C18H22ClN5O/c1-13-21-16(11-17(22-13)24-9-7-23(2)8-10-24)18(25)20-12-14-3-5-15(19)6-4-14/h3-6,11H,7-10,12H2,1-2H3,(H,20,25). The van der Waals surface area contributed by atoms with Crippen LogP contribution in [-0.2, 0) is 6.54 Å². The number of benzene rings is 1. The van der Waals surface area contributed by atoms with Crippen LogP contribution in [0.4, 0.5) is 5.82 Å². The Hall–Kier alpha value is -2.18. The van der Waals surface area contributed by atoms with Crippen molar-refractivity contribution < 1.29 is 4.79 Å². The van der Waals surface area contributed by atoms with Gasteiger partial charge in [0.05, 0.1) is 0 Å². The molecule has 0 radical (unpaired) electrons. The predicted octanol–water partition coefficient (Wildman–Crippen LogP) is 2.12. The van der Waals surface area contributed by atoms with Crippen molar-refractivity contribution in [3.05, 3.63) is 52.4 Å². The zero-order chi connectivity index (χ0) is 17.8. The molecule has 1 N–H and O–H groups in total. The van der Waals surface area contributed by atoms with E-state index >= 15 is 0 Å². The van der Waals surface area contributed by atoms with Gasteiger partial charge in [-0.05, 0) is 31.7 Å². The van der Waals surface area contributed by atoms with Crippen LogP contribution in [0.2, 0.25) is 5.02 Å². The van der Waals surface area contributed by atoms with Crippen LogP contribution in [0, 0.1) is 6.92 Å². The number of halogens is 1. The minimum atomic E-state index is -0.198. The zero-order valence-electron chi connectivity index (χ0n) is 14.5. The fourth-order valence-corrected chi connectivity index (χ4v) is 2.87. The van der Waals surface area contributed by atoms with Gasteiger partial charge in [0.1, 0.15) is 17.3 Å². The smallest absolute Gasteiger partial charge is 0.270 e. The van der Waals surface area contributed by atoms with Gasteiger partial charge in [-0.1, -0.05) is 23.7 Å². The molecule has 0 saturated carbocycles. The average molecular weight is 360 g/mol. The van der Waals surface area contributed by atoms with E-state index in [1.165, 1.54) is 0 Å². The first-order valence-corrected chi connectivity index (χ1v) is 8.71. The van der Waals surface area contributed by atoms with Gasteiger partial charge in [-0.25, -0.2) is 9.97 Å². The van der Waals surface area contributed by atoms with Crippen molar-refractivity contribution in [2.45, 2.75) is 13.5 Å². The number of amides is 1. The van der Waals surface area contributed by atoms with Crippen molar-refractivity contribution in [1.82, 2.24) is 20.2 Å². The number of carbonyl (C=O) groups is 1. The number of nitrogens with zero attached hydrogens (tertiary/aromatic N) is 4. The van der Waals surface area contributed by atoms with E-state index in [-0.39, 0.29) is 5.91 Å². The van der Waals surface area contributed by atoms with E-state index < -0.39 is 0 Å². The molecule has 7 heteroatoms. The quantitative estimate of drug-likeness (QED) is 0.906. The first-order valence-electron chi connectivity index (χ1n) is 8.33. The van der Waals surface area contributed by atoms with Crippen molar-refractivity contribution >= 4 is 23.3 Å². The number of rotatable bonds is 4. The van der Waals surface area contributed by atoms with Gasteiger partial charge < -0.3 is 15.1 Å². The SMILES string of the molecule is Cc1nc(C(=O)NCc2ccc(Cl)cc2)cc(N2CCN(C)CC2)n1. The van der Waals surface area contributed by atoms with Gasteiger partial charge in [0.15, 0.2) is 0 Å². The van der Waals surface area contributed by atoms with Crippen LogP contribution >= 0.6 is 11.6 Å². The lowest BCUT2D eigenvalue weighted by atomic mass is 10.2. The highest BCUT2D eigenvalue weighted by atomic mass is 35.5. The third-order valence-corrected chi connectivity index (χ3v) is 4.50. The Labute approximate surface area is 152 Å². The Morgan fingerprint density at radius 3 is 2.52 bits per heavy atom. The minimum absolute atomic E-state index is 0.198. The number of carbonyl (C=O) groups excluding carboxylic acids is 1. The summed E-state index contributed by atoms with van der Waals surface area (Å²) >= 11 is 5.88. The maximum absolute atomic E-state index is 12.5. The monoisotopic (exact) mass is 359 g/mol. The first-order chi connectivity index (χ1) is 12.0. The maximum atomic E-state index is 12.5. The molecule has 1 amide bonds. The number of hydrogen-bond donors (Lipinski definition) is 1. The van der Waals surface area contributed by atoms with Gasteiger partial charge in [0.2, 0.25) is 0 Å². The van der Waals surface area contributed by atoms with Crippen LogP contribution in [0.25, 0.3) is 0 Å². The Morgan fingerprint density at radius 1 is 1.16 bits per heavy atom. The fraction of sp³-hybridized carbons (Fsp3) is 0.389. The Bertz CT molecular complexity index is 742. The summed E-state index contributed by atoms with van der Waals surface area (Å²) in [6.45, 7) is 6.03. The summed E-state index contributed by atoms with van der Waals surface area (Å²) in [5, 5.41) is 3.58. The third-order valence-electron chi connectivity index (χ3n) is 4.25. The molecule has 0 spiro atoms. The van der Waals surface area contributed by atoms with Crippen molar-refractivity contribution in [1.29, 1.82) is 0 Å². The topological polar surface area (TPSA) is 61.4 Å². The Kier molecular flexibility index (Phi) is 5.50. The molecular formula is C18H22ClN5O. The van der Waals surface area contributed by atoms with Crippen LogP contribution in [0.15, 0.2) is 30.3 Å². The van der Waals surface area contributed by atoms with Gasteiger partial charge in [-0.3, -0.25) is 4.79 Å². The highest BCUT2D eigenvalue weighted by Crippen LogP contribution is 2.15. The van der Waals surface area contributed by atoms with Crippen molar-refractivity contribution in [2.24, 2.45) is 0 Å². The summed E-state index contributed by atoms with van der Waals surface area (Å²) in [7, 11) is 2.11. The average Bonchev–Trinajstić information content (AvgIpc) is 2.61. The number of aromatic nitrogens is 2. The summed E-state index contributed by atoms with van der Waals surface area (Å²) in [5.74, 6) is 1.22. The normalized spacial score (nSPS) is 15.2. The van der Waals surface area contributed by atoms with E-state index in [4.69, 9.17) is 11.6 Å². The molecule has 132 valence electrons. The van der Waals surface area contributed by atoms with Crippen molar-refractivity contribution in [3.63, 3.8) is 0 Å². The van der Waals surface area contributed by atoms with Crippen molar-refractivity contribution in [2.75, 3.05) is 38.1 Å². The molecule has 0 unspecified atom stereocenters. The van der Waals surface area contributed by atoms with E-state index in [9.17, 15) is 4.79 Å². The molecule has 1 aromatic carbocycles. The molecule has 2 heterocycles. The lowest BCUT2D eigenvalue weighted by molar-refractivity contribution is 0.0945. The lowest BCUT2D eigenvalue weighted by Crippen LogP contribution is -2.45. The highest BCUT2D eigenvalue weighted by molar-refractivity contribution is 6.30. The molecule has 6 nitrogen and oxygen atoms in total. The fourth-order valence-electron chi connectivity index (χ4n) is 2.74. The third kappa shape index (κ3) is 4.67. The first kappa shape index (κ1) is 17.6. The maximum Gasteiger partial charge on any atom is 0.270 e. The van der Waals surface area contributed by atoms with Gasteiger partial charge in [-0.2, -0.15) is 0 Å². The number of likely N-dealkylation sites (N-methyl/N-ethyl adjacent to an activating group) is 1. The molecule has 1 saturated heterocycles. The van der Waals surface area contributed by atoms with Gasteiger partial charge >= 0.3 is 0 Å². The predicted molar refractivity (Wildman–Crippen MR) is 99.1 cm³/mol. The highest BCUT2D eigenvalue weighted by Gasteiger charge is 2.18. The molecule has 0 aliphatic carbocycles. The van der Waals surface area contributed by atoms with Gasteiger partial charge in [-0.15, -0.1) is 0 Å². The summed E-state index contributed by atoms with van der Waals surface area (Å²) in [5.41, 5.74) is 1.39. The molecule has 25 heavy (non-hydrogen) atoms. The van der Waals surface area contributed by atoms with E-state index in [0.29, 0.717) is 23.1 Å². The van der Waals surface area contributed by atoms with E-state index in [0.717, 1.165) is 37.6 Å². The number of hydrogen-bond acceptors (Lipinski definition) is 5. The number of anilines is 1. The molecule has 0 bridgehead atoms. The van der Waals surface area contributed by atoms with Crippen LogP contribution in [-0.4, -0.2) is 54.0 Å².